The van der Waals surface area contributed by atoms with Crippen LogP contribution in [-0.4, -0.2) is 24.1 Å². The molecule has 0 aliphatic heterocycles. The minimum absolute atomic E-state index is 0.230. The molecule has 5 nitrogen and oxygen atoms in total. The smallest absolute Gasteiger partial charge is 0.164 e. The zero-order valence-corrected chi connectivity index (χ0v) is 38.8. The van der Waals surface area contributed by atoms with Crippen LogP contribution in [0.3, 0.4) is 0 Å². The van der Waals surface area contributed by atoms with E-state index in [9.17, 15) is 0 Å². The van der Waals surface area contributed by atoms with Crippen molar-refractivity contribution in [2.75, 3.05) is 0 Å². The van der Waals surface area contributed by atoms with E-state index in [2.05, 4.69) is 215 Å². The lowest BCUT2D eigenvalue weighted by atomic mass is 9.84. The number of aromatic nitrogens is 5. The molecule has 0 N–H and O–H groups in total. The Morgan fingerprint density at radius 1 is 0.352 bits per heavy atom. The van der Waals surface area contributed by atoms with Gasteiger partial charge in [0.05, 0.1) is 22.1 Å². The number of benzene rings is 10. The molecule has 10 aromatic carbocycles. The number of hydrogen-bond donors (Lipinski definition) is 0. The average Bonchev–Trinajstić information content (AvgIpc) is 3.91. The molecule has 13 aromatic rings. The molecule has 3 aromatic heterocycles. The third-order valence-electron chi connectivity index (χ3n) is 14.6. The summed E-state index contributed by atoms with van der Waals surface area (Å²) in [7, 11) is 0. The van der Waals surface area contributed by atoms with E-state index in [4.69, 9.17) is 15.0 Å². The molecule has 1 aliphatic carbocycles. The van der Waals surface area contributed by atoms with Crippen LogP contribution in [0, 0.1) is 0 Å². The van der Waals surface area contributed by atoms with E-state index in [1.54, 1.807) is 0 Å². The van der Waals surface area contributed by atoms with Crippen molar-refractivity contribution in [2.24, 2.45) is 0 Å². The molecule has 0 fully saturated rings. The van der Waals surface area contributed by atoms with E-state index >= 15 is 0 Å². The summed E-state index contributed by atoms with van der Waals surface area (Å²) in [6.07, 6.45) is 1.95. The second-order valence-electron chi connectivity index (χ2n) is 18.6. The van der Waals surface area contributed by atoms with Crippen LogP contribution >= 0.6 is 0 Å². The molecule has 1 unspecified atom stereocenters. The first-order valence-electron chi connectivity index (χ1n) is 24.5. The molecule has 5 heteroatoms. The minimum atomic E-state index is 0.230. The van der Waals surface area contributed by atoms with Crippen LogP contribution in [0.4, 0.5) is 0 Å². The lowest BCUT2D eigenvalue weighted by Crippen LogP contribution is -2.02. The van der Waals surface area contributed by atoms with E-state index in [-0.39, 0.29) is 5.92 Å². The van der Waals surface area contributed by atoms with Crippen molar-refractivity contribution in [3.05, 3.63) is 259 Å². The predicted molar refractivity (Wildman–Crippen MR) is 292 cm³/mol. The third-order valence-corrected chi connectivity index (χ3v) is 14.6. The normalized spacial score (nSPS) is 13.4. The van der Waals surface area contributed by atoms with Gasteiger partial charge in [0, 0.05) is 55.5 Å². The molecule has 0 spiro atoms. The van der Waals surface area contributed by atoms with Gasteiger partial charge >= 0.3 is 0 Å². The maximum Gasteiger partial charge on any atom is 0.164 e. The van der Waals surface area contributed by atoms with Crippen LogP contribution in [0.25, 0.3) is 111 Å². The second kappa shape index (κ2) is 16.8. The van der Waals surface area contributed by atoms with Crippen LogP contribution in [0.15, 0.2) is 243 Å². The summed E-state index contributed by atoms with van der Waals surface area (Å²) in [5.41, 5.74) is 18.8. The number of hydrogen-bond acceptors (Lipinski definition) is 3. The molecule has 71 heavy (non-hydrogen) atoms. The van der Waals surface area contributed by atoms with E-state index in [0.29, 0.717) is 17.5 Å². The van der Waals surface area contributed by atoms with Gasteiger partial charge in [-0.3, -0.25) is 0 Å². The molecule has 0 bridgehead atoms. The Balaban J connectivity index is 1.01. The fourth-order valence-electron chi connectivity index (χ4n) is 11.4. The van der Waals surface area contributed by atoms with Crippen molar-refractivity contribution in [1.82, 2.24) is 24.1 Å². The Morgan fingerprint density at radius 2 is 0.915 bits per heavy atom. The second-order valence-corrected chi connectivity index (χ2v) is 18.6. The van der Waals surface area contributed by atoms with Crippen molar-refractivity contribution in [1.29, 1.82) is 0 Å². The highest BCUT2D eigenvalue weighted by atomic mass is 15.0. The van der Waals surface area contributed by atoms with Crippen LogP contribution in [0.5, 0.6) is 0 Å². The molecule has 334 valence electrons. The van der Waals surface area contributed by atoms with Gasteiger partial charge in [-0.25, -0.2) is 15.0 Å². The first kappa shape index (κ1) is 40.8. The molecular formula is C66H45N5. The van der Waals surface area contributed by atoms with Crippen LogP contribution in [-0.2, 0) is 6.42 Å². The maximum absolute atomic E-state index is 5.26. The van der Waals surface area contributed by atoms with Crippen molar-refractivity contribution in [3.63, 3.8) is 0 Å². The zero-order valence-electron chi connectivity index (χ0n) is 38.8. The fourth-order valence-corrected chi connectivity index (χ4v) is 11.4. The Labute approximate surface area is 411 Å². The largest absolute Gasteiger partial charge is 0.309 e. The molecule has 0 amide bonds. The standard InChI is InChI=1S/C66H45N5/c1-6-19-43(20-7-1)50-36-38-54-52(37-39-55-53-29-16-17-31-59(53)71(63(54)55)49-27-14-5-15-28-49)57-41-46(33-35-51(50)57)47-34-40-60-58(42-47)62-56(30-18-32-61(62)70(60)48-25-12-4-13-26-48)66-68-64(44-21-8-2-9-22-44)67-65(69-66)45-23-10-3-11-24-45/h1-35,37,39-42,50H,36,38H2. The van der Waals surface area contributed by atoms with Gasteiger partial charge < -0.3 is 9.13 Å². The number of aryl methyl sites for hydroxylation is 1. The first-order chi connectivity index (χ1) is 35.2. The maximum atomic E-state index is 5.26. The molecule has 14 rings (SSSR count). The van der Waals surface area contributed by atoms with Crippen LogP contribution < -0.4 is 0 Å². The Kier molecular flexibility index (Phi) is 9.66. The number of rotatable bonds is 7. The van der Waals surface area contributed by atoms with Gasteiger partial charge in [-0.1, -0.05) is 188 Å². The van der Waals surface area contributed by atoms with Gasteiger partial charge in [0.15, 0.2) is 17.5 Å². The number of fused-ring (bicyclic) bond motifs is 10. The van der Waals surface area contributed by atoms with Gasteiger partial charge in [-0.2, -0.15) is 0 Å². The number of para-hydroxylation sites is 3. The molecule has 3 heterocycles. The minimum Gasteiger partial charge on any atom is -0.309 e. The van der Waals surface area contributed by atoms with Crippen molar-refractivity contribution < 1.29 is 0 Å². The summed E-state index contributed by atoms with van der Waals surface area (Å²) in [5.74, 6) is 2.14. The van der Waals surface area contributed by atoms with E-state index in [1.807, 2.05) is 36.4 Å². The summed E-state index contributed by atoms with van der Waals surface area (Å²) in [5, 5.41) is 4.79. The number of nitrogens with zero attached hydrogens (tertiary/aromatic N) is 5. The summed E-state index contributed by atoms with van der Waals surface area (Å²) < 4.78 is 4.88. The zero-order chi connectivity index (χ0) is 46.8. The van der Waals surface area contributed by atoms with Crippen molar-refractivity contribution in [2.45, 2.75) is 18.8 Å². The Morgan fingerprint density at radius 3 is 1.62 bits per heavy atom. The monoisotopic (exact) mass is 907 g/mol. The van der Waals surface area contributed by atoms with Crippen LogP contribution in [0.2, 0.25) is 0 Å². The molecule has 1 aliphatic rings. The van der Waals surface area contributed by atoms with Gasteiger partial charge in [0.1, 0.15) is 0 Å². The summed E-state index contributed by atoms with van der Waals surface area (Å²) in [6.45, 7) is 0. The van der Waals surface area contributed by atoms with Gasteiger partial charge in [-0.15, -0.1) is 0 Å². The third kappa shape index (κ3) is 6.80. The summed E-state index contributed by atoms with van der Waals surface area (Å²) in [4.78, 5) is 15.6. The molecule has 0 radical (unpaired) electrons. The average molecular weight is 908 g/mol. The van der Waals surface area contributed by atoms with Crippen molar-refractivity contribution >= 4 is 43.6 Å². The lowest BCUT2D eigenvalue weighted by molar-refractivity contribution is 0.727. The van der Waals surface area contributed by atoms with E-state index in [1.165, 1.54) is 60.9 Å². The highest BCUT2D eigenvalue weighted by Gasteiger charge is 2.28. The highest BCUT2D eigenvalue weighted by molar-refractivity contribution is 6.16. The predicted octanol–water partition coefficient (Wildman–Crippen LogP) is 16.5. The summed E-state index contributed by atoms with van der Waals surface area (Å²) in [6, 6.07) is 87.5. The molecule has 1 atom stereocenters. The molecular weight excluding hydrogens is 863 g/mol. The Bertz CT molecular complexity index is 4080. The topological polar surface area (TPSA) is 48.5 Å². The SMILES string of the molecule is c1ccc(-c2nc(-c3ccccc3)nc(-c3cccc4c3c3cc(-c5ccc6c(c5)-c5ccc7c8ccccc8n(-c8ccccc8)c7c5CCC6c5ccccc5)ccc3n4-c3ccccc3)n2)cc1. The van der Waals surface area contributed by atoms with Gasteiger partial charge in [-0.05, 0) is 106 Å². The molecule has 0 saturated heterocycles. The lowest BCUT2D eigenvalue weighted by Gasteiger charge is -2.20. The van der Waals surface area contributed by atoms with Crippen molar-refractivity contribution in [3.8, 4) is 67.8 Å². The molecule has 0 saturated carbocycles. The van der Waals surface area contributed by atoms with Gasteiger partial charge in [0.2, 0.25) is 0 Å². The van der Waals surface area contributed by atoms with E-state index < -0.39 is 0 Å². The van der Waals surface area contributed by atoms with E-state index in [0.717, 1.165) is 62.6 Å². The van der Waals surface area contributed by atoms with Gasteiger partial charge in [0.25, 0.3) is 0 Å². The van der Waals surface area contributed by atoms with Crippen LogP contribution in [0.1, 0.15) is 29.0 Å². The Hall–Kier alpha value is -9.19. The first-order valence-corrected chi connectivity index (χ1v) is 24.5. The highest BCUT2D eigenvalue weighted by Crippen LogP contribution is 2.48. The summed E-state index contributed by atoms with van der Waals surface area (Å²) >= 11 is 0. The fraction of sp³-hybridized carbons (Fsp3) is 0.0455. The quantitative estimate of drug-likeness (QED) is 0.160.